The zero-order valence-corrected chi connectivity index (χ0v) is 43.2. The number of nitro benzene ring substituents is 1. The van der Waals surface area contributed by atoms with Crippen LogP contribution in [0.3, 0.4) is 0 Å². The Kier molecular flexibility index (Phi) is 16.4. The number of nitrogens with two attached hydrogens (primary N) is 1. The number of ether oxygens (including phenoxy) is 2. The fourth-order valence-corrected chi connectivity index (χ4v) is 8.89. The molecule has 0 saturated carbocycles. The molecule has 0 radical (unpaired) electrons. The standard InChI is InChI=1S/C30H26N6O4.C30H28N6O2/c1-20(37)25-8-5-9-28(36(38)39)29(25)31-18-21-10-14-23(15-11-21)26-6-3-4-7-27(26)30-32-33-34-35(30)19-22-12-16-24(40-2)17-13-22;1-20(37)25-8-5-9-28(31)29(25)32-18-21-10-14-23(15-11-21)26-6-3-4-7-27(26)30-33-34-35-36(30)19-22-12-16-24(38-2)17-13-22/h3-17,31H,18-19H2,1-2H3;3-17,32H,18-19,31H2,1-2H3. The van der Waals surface area contributed by atoms with Crippen LogP contribution in [-0.4, -0.2) is 71.1 Å². The van der Waals surface area contributed by atoms with Crippen LogP contribution in [0.25, 0.3) is 45.0 Å². The third-order valence-corrected chi connectivity index (χ3v) is 12.9. The number of hydrogen-bond acceptors (Lipinski definition) is 15. The van der Waals surface area contributed by atoms with Gasteiger partial charge in [0.1, 0.15) is 17.2 Å². The molecule has 0 aliphatic heterocycles. The Morgan fingerprint density at radius 1 is 0.513 bits per heavy atom. The van der Waals surface area contributed by atoms with Crippen molar-refractivity contribution in [3.63, 3.8) is 0 Å². The van der Waals surface area contributed by atoms with Crippen LogP contribution in [0.1, 0.15) is 56.8 Å². The van der Waals surface area contributed by atoms with Crippen molar-refractivity contribution in [2.45, 2.75) is 40.0 Å². The summed E-state index contributed by atoms with van der Waals surface area (Å²) in [5.41, 5.74) is 18.2. The third kappa shape index (κ3) is 12.2. The summed E-state index contributed by atoms with van der Waals surface area (Å²) >= 11 is 0. The lowest BCUT2D eigenvalue weighted by atomic mass is 9.98. The lowest BCUT2D eigenvalue weighted by Gasteiger charge is -2.14. The summed E-state index contributed by atoms with van der Waals surface area (Å²) < 4.78 is 14.1. The molecule has 4 N–H and O–H groups in total. The second kappa shape index (κ2) is 24.3. The van der Waals surface area contributed by atoms with Crippen molar-refractivity contribution >= 4 is 34.3 Å². The number of tetrazole rings is 2. The molecular weight excluding hydrogens is 985 g/mol. The summed E-state index contributed by atoms with van der Waals surface area (Å²) in [5.74, 6) is 2.66. The fraction of sp³-hybridized carbons (Fsp3) is 0.133. The van der Waals surface area contributed by atoms with Crippen LogP contribution in [-0.2, 0) is 26.2 Å². The molecule has 2 heterocycles. The van der Waals surface area contributed by atoms with Gasteiger partial charge in [-0.3, -0.25) is 19.7 Å². The molecule has 0 amide bonds. The van der Waals surface area contributed by atoms with E-state index in [9.17, 15) is 19.7 Å². The van der Waals surface area contributed by atoms with Gasteiger partial charge in [-0.05, 0) is 122 Å². The molecule has 10 aromatic rings. The second-order valence-corrected chi connectivity index (χ2v) is 18.0. The van der Waals surface area contributed by atoms with Crippen molar-refractivity contribution in [3.05, 3.63) is 225 Å². The van der Waals surface area contributed by atoms with Crippen LogP contribution < -0.4 is 25.8 Å². The van der Waals surface area contributed by atoms with Gasteiger partial charge in [-0.25, -0.2) is 9.36 Å². The van der Waals surface area contributed by atoms with Crippen LogP contribution in [0, 0.1) is 10.1 Å². The Morgan fingerprint density at radius 3 is 1.33 bits per heavy atom. The van der Waals surface area contributed by atoms with Gasteiger partial charge in [-0.15, -0.1) is 10.2 Å². The Labute approximate surface area is 449 Å². The lowest BCUT2D eigenvalue weighted by molar-refractivity contribution is -0.384. The van der Waals surface area contributed by atoms with Gasteiger partial charge >= 0.3 is 0 Å². The van der Waals surface area contributed by atoms with E-state index in [0.29, 0.717) is 54.8 Å². The molecule has 8 aromatic carbocycles. The topological polar surface area (TPSA) is 233 Å². The van der Waals surface area contributed by atoms with Crippen molar-refractivity contribution in [2.75, 3.05) is 30.6 Å². The third-order valence-electron chi connectivity index (χ3n) is 12.9. The number of Topliss-reactive ketones (excluding diaryl/α,β-unsaturated/α-hetero) is 2. The largest absolute Gasteiger partial charge is 0.497 e. The van der Waals surface area contributed by atoms with Crippen LogP contribution in [0.2, 0.25) is 0 Å². The maximum Gasteiger partial charge on any atom is 0.293 e. The number of anilines is 3. The van der Waals surface area contributed by atoms with Crippen molar-refractivity contribution in [3.8, 4) is 56.5 Å². The highest BCUT2D eigenvalue weighted by Crippen LogP contribution is 2.34. The molecule has 18 heteroatoms. The molecule has 18 nitrogen and oxygen atoms in total. The van der Waals surface area contributed by atoms with Gasteiger partial charge in [0.15, 0.2) is 23.2 Å². The van der Waals surface area contributed by atoms with E-state index in [1.165, 1.54) is 19.1 Å². The van der Waals surface area contributed by atoms with Crippen LogP contribution >= 0.6 is 0 Å². The molecule has 0 saturated heterocycles. The molecule has 0 atom stereocenters. The number of rotatable bonds is 19. The van der Waals surface area contributed by atoms with E-state index in [1.807, 2.05) is 115 Å². The van der Waals surface area contributed by atoms with Crippen LogP contribution in [0.15, 0.2) is 182 Å². The van der Waals surface area contributed by atoms with E-state index in [2.05, 4.69) is 72.0 Å². The minimum Gasteiger partial charge on any atom is -0.497 e. The number of hydrogen-bond donors (Lipinski definition) is 3. The molecular formula is C60H54N12O6. The van der Waals surface area contributed by atoms with Gasteiger partial charge in [-0.2, -0.15) is 0 Å². The zero-order chi connectivity index (χ0) is 54.5. The van der Waals surface area contributed by atoms with E-state index >= 15 is 0 Å². The number of nitrogen functional groups attached to an aromatic ring is 1. The summed E-state index contributed by atoms with van der Waals surface area (Å²) in [6.07, 6.45) is 0. The minimum absolute atomic E-state index is 0.0268. The van der Waals surface area contributed by atoms with E-state index in [1.54, 1.807) is 54.8 Å². The average Bonchev–Trinajstić information content (AvgIpc) is 4.21. The number of para-hydroxylation sites is 2. The van der Waals surface area contributed by atoms with E-state index in [0.717, 1.165) is 67.1 Å². The predicted octanol–water partition coefficient (Wildman–Crippen LogP) is 11.2. The van der Waals surface area contributed by atoms with E-state index < -0.39 is 4.92 Å². The quantitative estimate of drug-likeness (QED) is 0.0296. The maximum absolute atomic E-state index is 12.1. The van der Waals surface area contributed by atoms with Gasteiger partial charge in [0, 0.05) is 41.4 Å². The predicted molar refractivity (Wildman–Crippen MR) is 300 cm³/mol. The number of aromatic nitrogens is 8. The molecule has 0 aliphatic carbocycles. The fourth-order valence-electron chi connectivity index (χ4n) is 8.89. The van der Waals surface area contributed by atoms with Gasteiger partial charge in [-0.1, -0.05) is 133 Å². The minimum atomic E-state index is -0.489. The molecule has 0 bridgehead atoms. The van der Waals surface area contributed by atoms with Crippen molar-refractivity contribution in [1.29, 1.82) is 0 Å². The second-order valence-electron chi connectivity index (χ2n) is 18.0. The number of carbonyl (C=O) groups is 2. The van der Waals surface area contributed by atoms with Gasteiger partial charge in [0.25, 0.3) is 5.69 Å². The molecule has 0 fully saturated rings. The van der Waals surface area contributed by atoms with Crippen molar-refractivity contribution < 1.29 is 24.0 Å². The number of nitrogens with zero attached hydrogens (tertiary/aromatic N) is 9. The van der Waals surface area contributed by atoms with Gasteiger partial charge in [0.05, 0.1) is 43.6 Å². The molecule has 0 spiro atoms. The molecule has 10 rings (SSSR count). The summed E-state index contributed by atoms with van der Waals surface area (Å²) in [4.78, 5) is 35.1. The molecule has 78 heavy (non-hydrogen) atoms. The first-order chi connectivity index (χ1) is 38.0. The Bertz CT molecular complexity index is 3680. The lowest BCUT2D eigenvalue weighted by Crippen LogP contribution is -2.08. The first kappa shape index (κ1) is 52.5. The molecule has 0 aliphatic rings. The summed E-state index contributed by atoms with van der Waals surface area (Å²) in [6, 6.07) is 57.6. The summed E-state index contributed by atoms with van der Waals surface area (Å²) in [5, 5.41) is 42.9. The number of ketones is 2. The molecule has 0 unspecified atom stereocenters. The zero-order valence-electron chi connectivity index (χ0n) is 43.2. The highest BCUT2D eigenvalue weighted by molar-refractivity contribution is 6.02. The monoisotopic (exact) mass is 1040 g/mol. The average molecular weight is 1040 g/mol. The number of carbonyl (C=O) groups excluding carboxylic acids is 2. The summed E-state index contributed by atoms with van der Waals surface area (Å²) in [7, 11) is 3.28. The smallest absolute Gasteiger partial charge is 0.293 e. The summed E-state index contributed by atoms with van der Waals surface area (Å²) in [6.45, 7) is 4.82. The van der Waals surface area contributed by atoms with Gasteiger partial charge in [0.2, 0.25) is 0 Å². The number of nitro groups is 1. The highest BCUT2D eigenvalue weighted by Gasteiger charge is 2.21. The van der Waals surface area contributed by atoms with E-state index in [-0.39, 0.29) is 28.5 Å². The highest BCUT2D eigenvalue weighted by atomic mass is 16.6. The van der Waals surface area contributed by atoms with Crippen molar-refractivity contribution in [2.24, 2.45) is 0 Å². The normalized spacial score (nSPS) is 10.8. The molecule has 390 valence electrons. The number of benzene rings is 8. The Morgan fingerprint density at radius 2 is 0.910 bits per heavy atom. The first-order valence-corrected chi connectivity index (χ1v) is 24.8. The maximum atomic E-state index is 12.1. The van der Waals surface area contributed by atoms with Crippen LogP contribution in [0.5, 0.6) is 11.5 Å². The van der Waals surface area contributed by atoms with Crippen LogP contribution in [0.4, 0.5) is 22.7 Å². The molecule has 2 aromatic heterocycles. The first-order valence-electron chi connectivity index (χ1n) is 24.8. The SMILES string of the molecule is COc1ccc(Cn2nnnc2-c2ccccc2-c2ccc(CNc3c(C(C)=O)cccc3[N+](=O)[O-])cc2)cc1.COc1ccc(Cn2nnnc2-c2ccccc2-c2ccc(CNc3c(N)cccc3C(C)=O)cc2)cc1. The Balaban J connectivity index is 0.000000190. The Hall–Kier alpha value is -10.4. The number of methoxy groups -OCH3 is 2. The van der Waals surface area contributed by atoms with E-state index in [4.69, 9.17) is 15.2 Å². The van der Waals surface area contributed by atoms with Crippen molar-refractivity contribution in [1.82, 2.24) is 40.4 Å². The van der Waals surface area contributed by atoms with Gasteiger partial charge < -0.3 is 25.8 Å². The number of nitrogens with one attached hydrogen (secondary N) is 2.